The van der Waals surface area contributed by atoms with Crippen molar-refractivity contribution in [1.29, 1.82) is 0 Å². The van der Waals surface area contributed by atoms with Crippen molar-refractivity contribution in [2.24, 2.45) is 0 Å². The highest BCUT2D eigenvalue weighted by molar-refractivity contribution is 5.64. The SMILES string of the molecule is CCCN(CC)CCNc1nc(N)cn2ccnc12. The van der Waals surface area contributed by atoms with Crippen LogP contribution in [0.25, 0.3) is 5.65 Å². The lowest BCUT2D eigenvalue weighted by Crippen LogP contribution is -2.29. The van der Waals surface area contributed by atoms with Crippen molar-refractivity contribution in [3.63, 3.8) is 0 Å². The van der Waals surface area contributed by atoms with Crippen LogP contribution in [-0.2, 0) is 0 Å². The van der Waals surface area contributed by atoms with E-state index < -0.39 is 0 Å². The highest BCUT2D eigenvalue weighted by atomic mass is 15.2. The van der Waals surface area contributed by atoms with Crippen molar-refractivity contribution in [2.45, 2.75) is 20.3 Å². The number of likely N-dealkylation sites (N-methyl/N-ethyl adjacent to an activating group) is 1. The van der Waals surface area contributed by atoms with Crippen molar-refractivity contribution in [3.05, 3.63) is 18.6 Å². The van der Waals surface area contributed by atoms with Crippen LogP contribution >= 0.6 is 0 Å². The molecule has 0 aliphatic rings. The summed E-state index contributed by atoms with van der Waals surface area (Å²) >= 11 is 0. The van der Waals surface area contributed by atoms with Crippen molar-refractivity contribution in [1.82, 2.24) is 19.3 Å². The molecule has 6 nitrogen and oxygen atoms in total. The Morgan fingerprint density at radius 3 is 2.95 bits per heavy atom. The fourth-order valence-electron chi connectivity index (χ4n) is 2.15. The molecule has 3 N–H and O–H groups in total. The van der Waals surface area contributed by atoms with E-state index in [1.807, 2.05) is 10.6 Å². The third kappa shape index (κ3) is 3.35. The van der Waals surface area contributed by atoms with Crippen LogP contribution < -0.4 is 11.1 Å². The number of imidazole rings is 1. The molecule has 0 fully saturated rings. The summed E-state index contributed by atoms with van der Waals surface area (Å²) in [5.74, 6) is 1.24. The van der Waals surface area contributed by atoms with E-state index in [1.54, 1.807) is 12.4 Å². The van der Waals surface area contributed by atoms with Gasteiger partial charge in [0.25, 0.3) is 0 Å². The number of nitrogen functional groups attached to an aromatic ring is 1. The van der Waals surface area contributed by atoms with Gasteiger partial charge in [0.1, 0.15) is 5.82 Å². The second kappa shape index (κ2) is 6.38. The van der Waals surface area contributed by atoms with Gasteiger partial charge in [0, 0.05) is 25.5 Å². The molecule has 0 atom stereocenters. The predicted molar refractivity (Wildman–Crippen MR) is 78.3 cm³/mol. The summed E-state index contributed by atoms with van der Waals surface area (Å²) in [7, 11) is 0. The average Bonchev–Trinajstić information content (AvgIpc) is 2.85. The molecule has 0 amide bonds. The first-order valence-corrected chi connectivity index (χ1v) is 6.80. The van der Waals surface area contributed by atoms with Crippen LogP contribution in [0.4, 0.5) is 11.6 Å². The first-order valence-electron chi connectivity index (χ1n) is 6.80. The van der Waals surface area contributed by atoms with E-state index in [2.05, 4.69) is 34.0 Å². The van der Waals surface area contributed by atoms with Crippen LogP contribution in [0.5, 0.6) is 0 Å². The molecule has 0 aliphatic heterocycles. The number of nitrogens with two attached hydrogens (primary N) is 1. The summed E-state index contributed by atoms with van der Waals surface area (Å²) < 4.78 is 1.88. The number of anilines is 2. The molecule has 0 aliphatic carbocycles. The molecule has 0 bridgehead atoms. The second-order valence-corrected chi connectivity index (χ2v) is 4.53. The molecule has 19 heavy (non-hydrogen) atoms. The van der Waals surface area contributed by atoms with Gasteiger partial charge in [-0.25, -0.2) is 9.97 Å². The molecule has 2 aromatic rings. The standard InChI is InChI=1S/C13H22N6/c1-3-7-18(4-2)8-5-15-12-13-16-6-9-19(13)10-11(14)17-12/h6,9-10H,3-5,7-8,14H2,1-2H3,(H,15,17). The summed E-state index contributed by atoms with van der Waals surface area (Å²) in [5, 5.41) is 3.32. The molecule has 0 aromatic carbocycles. The van der Waals surface area contributed by atoms with Gasteiger partial charge in [0.15, 0.2) is 11.5 Å². The highest BCUT2D eigenvalue weighted by Gasteiger charge is 2.06. The lowest BCUT2D eigenvalue weighted by molar-refractivity contribution is 0.300. The topological polar surface area (TPSA) is 71.5 Å². The molecule has 2 heterocycles. The van der Waals surface area contributed by atoms with Crippen molar-refractivity contribution in [2.75, 3.05) is 37.2 Å². The molecule has 2 aromatic heterocycles. The van der Waals surface area contributed by atoms with Crippen molar-refractivity contribution < 1.29 is 0 Å². The Labute approximate surface area is 113 Å². The molecule has 2 rings (SSSR count). The molecule has 104 valence electrons. The molecular formula is C13H22N6. The molecule has 0 saturated carbocycles. The van der Waals surface area contributed by atoms with Gasteiger partial charge >= 0.3 is 0 Å². The van der Waals surface area contributed by atoms with E-state index in [-0.39, 0.29) is 0 Å². The van der Waals surface area contributed by atoms with Crippen LogP contribution in [0.1, 0.15) is 20.3 Å². The molecule has 0 radical (unpaired) electrons. The minimum absolute atomic E-state index is 0.494. The Kier molecular flexibility index (Phi) is 4.57. The summed E-state index contributed by atoms with van der Waals surface area (Å²) in [6.45, 7) is 8.41. The summed E-state index contributed by atoms with van der Waals surface area (Å²) in [6, 6.07) is 0. The van der Waals surface area contributed by atoms with Gasteiger partial charge in [-0.05, 0) is 19.5 Å². The first kappa shape index (κ1) is 13.6. The summed E-state index contributed by atoms with van der Waals surface area (Å²) in [6.07, 6.45) is 6.56. The van der Waals surface area contributed by atoms with Crippen molar-refractivity contribution >= 4 is 17.3 Å². The number of nitrogens with one attached hydrogen (secondary N) is 1. The summed E-state index contributed by atoms with van der Waals surface area (Å²) in [4.78, 5) is 11.0. The van der Waals surface area contributed by atoms with E-state index in [4.69, 9.17) is 5.73 Å². The normalized spacial score (nSPS) is 11.3. The summed E-state index contributed by atoms with van der Waals surface area (Å²) in [5.41, 5.74) is 6.59. The van der Waals surface area contributed by atoms with E-state index in [0.29, 0.717) is 5.82 Å². The Bertz CT molecular complexity index is 521. The maximum absolute atomic E-state index is 5.78. The zero-order valence-corrected chi connectivity index (χ0v) is 11.6. The first-order chi connectivity index (χ1) is 9.24. The van der Waals surface area contributed by atoms with Crippen molar-refractivity contribution in [3.8, 4) is 0 Å². The van der Waals surface area contributed by atoms with Crippen LogP contribution in [0.2, 0.25) is 0 Å². The lowest BCUT2D eigenvalue weighted by atomic mass is 10.4. The van der Waals surface area contributed by atoms with Gasteiger partial charge in [-0.2, -0.15) is 0 Å². The van der Waals surface area contributed by atoms with E-state index >= 15 is 0 Å². The number of aromatic nitrogens is 3. The number of nitrogens with zero attached hydrogens (tertiary/aromatic N) is 4. The average molecular weight is 262 g/mol. The third-order valence-corrected chi connectivity index (χ3v) is 3.10. The Morgan fingerprint density at radius 2 is 2.21 bits per heavy atom. The van der Waals surface area contributed by atoms with E-state index in [0.717, 1.165) is 37.6 Å². The van der Waals surface area contributed by atoms with Gasteiger partial charge in [-0.1, -0.05) is 13.8 Å². The van der Waals surface area contributed by atoms with Crippen LogP contribution in [-0.4, -0.2) is 45.4 Å². The monoisotopic (exact) mass is 262 g/mol. The zero-order valence-electron chi connectivity index (χ0n) is 11.6. The molecule has 0 unspecified atom stereocenters. The van der Waals surface area contributed by atoms with Gasteiger partial charge < -0.3 is 20.4 Å². The molecule has 6 heteroatoms. The Hall–Kier alpha value is -1.82. The maximum atomic E-state index is 5.78. The maximum Gasteiger partial charge on any atom is 0.180 e. The lowest BCUT2D eigenvalue weighted by Gasteiger charge is -2.19. The van der Waals surface area contributed by atoms with Gasteiger partial charge in [0.05, 0.1) is 6.20 Å². The number of rotatable bonds is 7. The minimum atomic E-state index is 0.494. The van der Waals surface area contributed by atoms with Gasteiger partial charge in [-0.3, -0.25) is 0 Å². The Morgan fingerprint density at radius 1 is 1.37 bits per heavy atom. The minimum Gasteiger partial charge on any atom is -0.382 e. The quantitative estimate of drug-likeness (QED) is 0.790. The number of hydrogen-bond donors (Lipinski definition) is 2. The smallest absolute Gasteiger partial charge is 0.180 e. The number of hydrogen-bond acceptors (Lipinski definition) is 5. The van der Waals surface area contributed by atoms with E-state index in [9.17, 15) is 0 Å². The zero-order chi connectivity index (χ0) is 13.7. The van der Waals surface area contributed by atoms with E-state index in [1.165, 1.54) is 6.42 Å². The second-order valence-electron chi connectivity index (χ2n) is 4.53. The largest absolute Gasteiger partial charge is 0.382 e. The fourth-order valence-corrected chi connectivity index (χ4v) is 2.15. The van der Waals surface area contributed by atoms with Crippen LogP contribution in [0.3, 0.4) is 0 Å². The molecular weight excluding hydrogens is 240 g/mol. The Balaban J connectivity index is 1.99. The molecule has 0 saturated heterocycles. The van der Waals surface area contributed by atoms with Crippen LogP contribution in [0.15, 0.2) is 18.6 Å². The predicted octanol–water partition coefficient (Wildman–Crippen LogP) is 1.46. The third-order valence-electron chi connectivity index (χ3n) is 3.10. The van der Waals surface area contributed by atoms with Crippen LogP contribution in [0, 0.1) is 0 Å². The highest BCUT2D eigenvalue weighted by Crippen LogP contribution is 2.14. The van der Waals surface area contributed by atoms with Gasteiger partial charge in [-0.15, -0.1) is 0 Å². The number of fused-ring (bicyclic) bond motifs is 1. The molecule has 0 spiro atoms. The fraction of sp³-hybridized carbons (Fsp3) is 0.538. The van der Waals surface area contributed by atoms with Gasteiger partial charge in [0.2, 0.25) is 0 Å².